The van der Waals surface area contributed by atoms with Gasteiger partial charge >= 0.3 is 0 Å². The van der Waals surface area contributed by atoms with Gasteiger partial charge in [-0.25, -0.2) is 0 Å². The number of aryl methyl sites for hydroxylation is 1. The monoisotopic (exact) mass is 245 g/mol. The number of phenols is 1. The molecular weight excluding hydrogens is 222 g/mol. The molecule has 1 unspecified atom stereocenters. The van der Waals surface area contributed by atoms with Crippen molar-refractivity contribution >= 4 is 0 Å². The summed E-state index contributed by atoms with van der Waals surface area (Å²) in [5.74, 6) is 0.398. The van der Waals surface area contributed by atoms with E-state index in [9.17, 15) is 5.11 Å². The Hall–Kier alpha value is -1.28. The maximum Gasteiger partial charge on any atom is 0.120 e. The minimum atomic E-state index is 0.201. The molecule has 0 fully saturated rings. The number of aromatic hydroxyl groups is 1. The number of rotatable bonds is 5. The number of phenolic OH excluding ortho intramolecular Hbond substituents is 1. The van der Waals surface area contributed by atoms with Crippen LogP contribution in [0.2, 0.25) is 0 Å². The Morgan fingerprint density at radius 2 is 2.22 bits per heavy atom. The van der Waals surface area contributed by atoms with Crippen LogP contribution in [0.15, 0.2) is 29.8 Å². The first kappa shape index (κ1) is 13.2. The third kappa shape index (κ3) is 3.36. The lowest BCUT2D eigenvalue weighted by atomic mass is 10.0. The van der Waals surface area contributed by atoms with Gasteiger partial charge in [-0.05, 0) is 57.7 Å². The van der Waals surface area contributed by atoms with Gasteiger partial charge < -0.3 is 10.4 Å². The highest BCUT2D eigenvalue weighted by Crippen LogP contribution is 2.25. The van der Waals surface area contributed by atoms with E-state index in [1.165, 1.54) is 19.3 Å². The van der Waals surface area contributed by atoms with Gasteiger partial charge in [0, 0.05) is 11.6 Å². The largest absolute Gasteiger partial charge is 0.508 e. The van der Waals surface area contributed by atoms with Crippen molar-refractivity contribution in [2.24, 2.45) is 0 Å². The molecule has 0 aliphatic heterocycles. The van der Waals surface area contributed by atoms with E-state index in [2.05, 4.69) is 18.3 Å². The topological polar surface area (TPSA) is 32.3 Å². The van der Waals surface area contributed by atoms with Crippen molar-refractivity contribution in [3.8, 4) is 5.75 Å². The van der Waals surface area contributed by atoms with Crippen molar-refractivity contribution in [2.45, 2.75) is 45.6 Å². The van der Waals surface area contributed by atoms with Gasteiger partial charge in [0.05, 0.1) is 0 Å². The lowest BCUT2D eigenvalue weighted by Crippen LogP contribution is -2.20. The molecule has 1 aliphatic rings. The summed E-state index contributed by atoms with van der Waals surface area (Å²) in [5.41, 5.74) is 3.67. The van der Waals surface area contributed by atoms with Crippen LogP contribution in [0.5, 0.6) is 5.75 Å². The summed E-state index contributed by atoms with van der Waals surface area (Å²) in [7, 11) is 0. The summed E-state index contributed by atoms with van der Waals surface area (Å²) in [6.07, 6.45) is 7.35. The molecule has 0 aromatic heterocycles. The molecule has 2 N–H and O–H groups in total. The van der Waals surface area contributed by atoms with Crippen molar-refractivity contribution in [1.82, 2.24) is 5.32 Å². The fraction of sp³-hybridized carbons (Fsp3) is 0.500. The van der Waals surface area contributed by atoms with E-state index >= 15 is 0 Å². The Bertz CT molecular complexity index is 437. The lowest BCUT2D eigenvalue weighted by molar-refractivity contribution is 0.452. The maximum atomic E-state index is 9.92. The fourth-order valence-electron chi connectivity index (χ4n) is 2.54. The lowest BCUT2D eigenvalue weighted by Gasteiger charge is -2.16. The molecule has 2 heteroatoms. The van der Waals surface area contributed by atoms with Crippen LogP contribution in [0.1, 0.15) is 49.8 Å². The minimum absolute atomic E-state index is 0.201. The highest BCUT2D eigenvalue weighted by atomic mass is 16.3. The predicted molar refractivity (Wildman–Crippen MR) is 75.8 cm³/mol. The summed E-state index contributed by atoms with van der Waals surface area (Å²) in [6, 6.07) is 6.09. The van der Waals surface area contributed by atoms with Crippen LogP contribution >= 0.6 is 0 Å². The van der Waals surface area contributed by atoms with Crippen LogP contribution in [0, 0.1) is 6.92 Å². The molecule has 18 heavy (non-hydrogen) atoms. The zero-order chi connectivity index (χ0) is 13.0. The SMILES string of the molecule is Cc1ccc(C(C)NCCC2=CCCC2)c(O)c1. The number of allylic oxidation sites excluding steroid dienone is 1. The number of nitrogens with one attached hydrogen (secondary N) is 1. The van der Waals surface area contributed by atoms with E-state index < -0.39 is 0 Å². The van der Waals surface area contributed by atoms with Gasteiger partial charge in [0.15, 0.2) is 0 Å². The van der Waals surface area contributed by atoms with Crippen LogP contribution < -0.4 is 5.32 Å². The molecule has 1 aromatic carbocycles. The van der Waals surface area contributed by atoms with E-state index in [0.717, 1.165) is 24.1 Å². The van der Waals surface area contributed by atoms with E-state index in [4.69, 9.17) is 0 Å². The Morgan fingerprint density at radius 1 is 1.39 bits per heavy atom. The van der Waals surface area contributed by atoms with Gasteiger partial charge in [0.2, 0.25) is 0 Å². The molecule has 0 spiro atoms. The normalized spacial score (nSPS) is 16.7. The maximum absolute atomic E-state index is 9.92. The van der Waals surface area contributed by atoms with Crippen LogP contribution in [0.25, 0.3) is 0 Å². The highest BCUT2D eigenvalue weighted by molar-refractivity contribution is 5.37. The minimum Gasteiger partial charge on any atom is -0.508 e. The molecule has 1 atom stereocenters. The van der Waals surface area contributed by atoms with Crippen LogP contribution in [0.3, 0.4) is 0 Å². The first-order valence-electron chi connectivity index (χ1n) is 6.87. The second-order valence-electron chi connectivity index (χ2n) is 5.24. The van der Waals surface area contributed by atoms with Gasteiger partial charge in [-0.15, -0.1) is 0 Å². The van der Waals surface area contributed by atoms with Crippen LogP contribution in [-0.2, 0) is 0 Å². The van der Waals surface area contributed by atoms with Crippen molar-refractivity contribution < 1.29 is 5.11 Å². The Kier molecular flexibility index (Phi) is 4.43. The molecule has 0 saturated carbocycles. The quantitative estimate of drug-likeness (QED) is 0.772. The zero-order valence-electron chi connectivity index (χ0n) is 11.4. The van der Waals surface area contributed by atoms with Gasteiger partial charge in [-0.2, -0.15) is 0 Å². The molecule has 0 amide bonds. The molecule has 2 rings (SSSR count). The molecule has 0 radical (unpaired) electrons. The molecule has 1 aromatic rings. The van der Waals surface area contributed by atoms with Crippen molar-refractivity contribution in [3.63, 3.8) is 0 Å². The molecule has 1 aliphatic carbocycles. The van der Waals surface area contributed by atoms with Crippen molar-refractivity contribution in [2.75, 3.05) is 6.54 Å². The number of benzene rings is 1. The Labute approximate surface area is 110 Å². The van der Waals surface area contributed by atoms with Crippen molar-refractivity contribution in [3.05, 3.63) is 41.0 Å². The third-order valence-electron chi connectivity index (χ3n) is 3.68. The van der Waals surface area contributed by atoms with Crippen LogP contribution in [-0.4, -0.2) is 11.7 Å². The van der Waals surface area contributed by atoms with E-state index in [0.29, 0.717) is 5.75 Å². The van der Waals surface area contributed by atoms with Gasteiger partial charge in [-0.1, -0.05) is 23.8 Å². The first-order chi connectivity index (χ1) is 8.66. The second kappa shape index (κ2) is 6.05. The first-order valence-corrected chi connectivity index (χ1v) is 6.87. The van der Waals surface area contributed by atoms with Gasteiger partial charge in [-0.3, -0.25) is 0 Å². The van der Waals surface area contributed by atoms with Crippen LogP contribution in [0.4, 0.5) is 0 Å². The summed E-state index contributed by atoms with van der Waals surface area (Å²) in [4.78, 5) is 0. The molecule has 2 nitrogen and oxygen atoms in total. The standard InChI is InChI=1S/C16H23NO/c1-12-7-8-15(16(18)11-12)13(2)17-10-9-14-5-3-4-6-14/h5,7-8,11,13,17-18H,3-4,6,9-10H2,1-2H3. The van der Waals surface area contributed by atoms with E-state index in [-0.39, 0.29) is 6.04 Å². The predicted octanol–water partition coefficient (Wildman–Crippen LogP) is 3.85. The second-order valence-corrected chi connectivity index (χ2v) is 5.24. The molecule has 0 saturated heterocycles. The Balaban J connectivity index is 1.85. The highest BCUT2D eigenvalue weighted by Gasteiger charge is 2.10. The third-order valence-corrected chi connectivity index (χ3v) is 3.68. The molecule has 98 valence electrons. The summed E-state index contributed by atoms with van der Waals surface area (Å²) >= 11 is 0. The Morgan fingerprint density at radius 3 is 2.89 bits per heavy atom. The molecule has 0 bridgehead atoms. The smallest absolute Gasteiger partial charge is 0.120 e. The number of hydrogen-bond acceptors (Lipinski definition) is 2. The average molecular weight is 245 g/mol. The summed E-state index contributed by atoms with van der Waals surface area (Å²) in [6.45, 7) is 5.09. The van der Waals surface area contributed by atoms with Crippen molar-refractivity contribution in [1.29, 1.82) is 0 Å². The van der Waals surface area contributed by atoms with E-state index in [1.807, 2.05) is 25.1 Å². The summed E-state index contributed by atoms with van der Waals surface area (Å²) in [5, 5.41) is 13.4. The van der Waals surface area contributed by atoms with Gasteiger partial charge in [0.1, 0.15) is 5.75 Å². The van der Waals surface area contributed by atoms with E-state index in [1.54, 1.807) is 5.57 Å². The zero-order valence-corrected chi connectivity index (χ0v) is 11.4. The average Bonchev–Trinajstić information content (AvgIpc) is 2.81. The summed E-state index contributed by atoms with van der Waals surface area (Å²) < 4.78 is 0. The number of hydrogen-bond donors (Lipinski definition) is 2. The fourth-order valence-corrected chi connectivity index (χ4v) is 2.54. The molecule has 0 heterocycles. The molecular formula is C16H23NO. The van der Waals surface area contributed by atoms with Gasteiger partial charge in [0.25, 0.3) is 0 Å².